The molecule has 1 aromatic carbocycles. The fourth-order valence-electron chi connectivity index (χ4n) is 0.951. The van der Waals surface area contributed by atoms with Gasteiger partial charge in [0.15, 0.2) is 0 Å². The molecule has 0 aliphatic carbocycles. The van der Waals surface area contributed by atoms with Crippen molar-refractivity contribution in [3.05, 3.63) is 25.7 Å². The molecule has 0 aromatic heterocycles. The first-order chi connectivity index (χ1) is 6.20. The third kappa shape index (κ3) is 2.35. The minimum Gasteiger partial charge on any atom is -0.496 e. The third-order valence-corrected chi connectivity index (χ3v) is 4.33. The lowest BCUT2D eigenvalue weighted by molar-refractivity contribution is 0.411. The largest absolute Gasteiger partial charge is 0.496 e. The van der Waals surface area contributed by atoms with Crippen molar-refractivity contribution in [2.45, 2.75) is 6.42 Å². The summed E-state index contributed by atoms with van der Waals surface area (Å²) in [6.07, 6.45) is 0.417. The summed E-state index contributed by atoms with van der Waals surface area (Å²) in [5.74, 6) is 0.828. The molecule has 0 N–H and O–H groups in total. The number of benzene rings is 1. The van der Waals surface area contributed by atoms with Crippen LogP contribution in [-0.4, -0.2) is 7.11 Å². The smallest absolute Gasteiger partial charge is 0.133 e. The predicted octanol–water partition coefficient (Wildman–Crippen LogP) is 3.13. The first-order valence-corrected chi connectivity index (χ1v) is 5.45. The fraction of sp³-hybridized carbons (Fsp3) is 0.222. The second-order valence-electron chi connectivity index (χ2n) is 2.39. The van der Waals surface area contributed by atoms with Crippen LogP contribution in [0.2, 0.25) is 0 Å². The van der Waals surface area contributed by atoms with Crippen LogP contribution in [0.5, 0.6) is 5.75 Å². The Morgan fingerprint density at radius 1 is 1.62 bits per heavy atom. The van der Waals surface area contributed by atoms with Crippen molar-refractivity contribution >= 4 is 38.5 Å². The van der Waals surface area contributed by atoms with E-state index in [2.05, 4.69) is 44.6 Å². The number of nitrogens with zero attached hydrogens (tertiary/aromatic N) is 1. The number of hydrogen-bond acceptors (Lipinski definition) is 2. The van der Waals surface area contributed by atoms with E-state index in [1.54, 1.807) is 7.11 Å². The van der Waals surface area contributed by atoms with Crippen LogP contribution in [0.3, 0.4) is 0 Å². The molecule has 0 saturated heterocycles. The van der Waals surface area contributed by atoms with Gasteiger partial charge in [0.1, 0.15) is 5.75 Å². The topological polar surface area (TPSA) is 33.0 Å². The van der Waals surface area contributed by atoms with Crippen LogP contribution < -0.4 is 4.74 Å². The lowest BCUT2D eigenvalue weighted by atomic mass is 10.2. The van der Waals surface area contributed by atoms with E-state index in [9.17, 15) is 0 Å². The van der Waals surface area contributed by atoms with Gasteiger partial charge in [0.05, 0.1) is 23.2 Å². The predicted molar refractivity (Wildman–Crippen MR) is 62.7 cm³/mol. The van der Waals surface area contributed by atoms with E-state index >= 15 is 0 Å². The van der Waals surface area contributed by atoms with Crippen molar-refractivity contribution in [3.8, 4) is 11.8 Å². The molecule has 4 heteroatoms. The maximum absolute atomic E-state index is 8.56. The first kappa shape index (κ1) is 10.8. The van der Waals surface area contributed by atoms with E-state index in [1.807, 2.05) is 12.1 Å². The van der Waals surface area contributed by atoms with Crippen molar-refractivity contribution in [2.24, 2.45) is 0 Å². The summed E-state index contributed by atoms with van der Waals surface area (Å²) >= 11 is 5.62. The SMILES string of the molecule is COc1ccc(CC#N)c(Br)c1I. The normalized spacial score (nSPS) is 9.38. The van der Waals surface area contributed by atoms with Crippen LogP contribution >= 0.6 is 38.5 Å². The van der Waals surface area contributed by atoms with Gasteiger partial charge in [0.25, 0.3) is 0 Å². The molecule has 0 spiro atoms. The average Bonchev–Trinajstić information content (AvgIpc) is 2.14. The van der Waals surface area contributed by atoms with Crippen LogP contribution in [0, 0.1) is 14.9 Å². The van der Waals surface area contributed by atoms with Gasteiger partial charge >= 0.3 is 0 Å². The summed E-state index contributed by atoms with van der Waals surface area (Å²) < 4.78 is 7.10. The molecule has 0 amide bonds. The quantitative estimate of drug-likeness (QED) is 0.767. The maximum atomic E-state index is 8.56. The number of rotatable bonds is 2. The Morgan fingerprint density at radius 3 is 2.85 bits per heavy atom. The minimum atomic E-state index is 0.417. The molecular formula is C9H7BrINO. The highest BCUT2D eigenvalue weighted by atomic mass is 127. The zero-order valence-corrected chi connectivity index (χ0v) is 10.7. The van der Waals surface area contributed by atoms with Gasteiger partial charge in [-0.1, -0.05) is 6.07 Å². The summed E-state index contributed by atoms with van der Waals surface area (Å²) in [5, 5.41) is 8.56. The molecule has 2 nitrogen and oxygen atoms in total. The summed E-state index contributed by atoms with van der Waals surface area (Å²) in [4.78, 5) is 0. The lowest BCUT2D eigenvalue weighted by Crippen LogP contribution is -1.92. The van der Waals surface area contributed by atoms with Gasteiger partial charge in [-0.15, -0.1) is 0 Å². The number of methoxy groups -OCH3 is 1. The highest BCUT2D eigenvalue weighted by molar-refractivity contribution is 14.1. The standard InChI is InChI=1S/C9H7BrINO/c1-13-7-3-2-6(4-5-12)8(10)9(7)11/h2-3H,4H2,1H3. The van der Waals surface area contributed by atoms with Gasteiger partial charge in [-0.25, -0.2) is 0 Å². The zero-order valence-electron chi connectivity index (χ0n) is 6.97. The summed E-state index contributed by atoms with van der Waals surface area (Å²) in [5.41, 5.74) is 0.993. The molecule has 1 rings (SSSR count). The fourth-order valence-corrected chi connectivity index (χ4v) is 2.17. The molecular weight excluding hydrogens is 345 g/mol. The molecule has 0 saturated carbocycles. The van der Waals surface area contributed by atoms with Crippen LogP contribution in [0.4, 0.5) is 0 Å². The summed E-state index contributed by atoms with van der Waals surface area (Å²) in [6.45, 7) is 0. The third-order valence-electron chi connectivity index (χ3n) is 1.62. The number of nitriles is 1. The van der Waals surface area contributed by atoms with Crippen LogP contribution in [0.25, 0.3) is 0 Å². The Hall–Kier alpha value is -0.280. The van der Waals surface area contributed by atoms with Gasteiger partial charge in [0.2, 0.25) is 0 Å². The van der Waals surface area contributed by atoms with E-state index in [4.69, 9.17) is 10.00 Å². The van der Waals surface area contributed by atoms with Crippen molar-refractivity contribution in [3.63, 3.8) is 0 Å². The second-order valence-corrected chi connectivity index (χ2v) is 4.26. The molecule has 0 atom stereocenters. The average molecular weight is 352 g/mol. The molecule has 0 aliphatic heterocycles. The van der Waals surface area contributed by atoms with E-state index in [1.165, 1.54) is 0 Å². The van der Waals surface area contributed by atoms with Crippen LogP contribution in [-0.2, 0) is 6.42 Å². The highest BCUT2D eigenvalue weighted by Crippen LogP contribution is 2.31. The van der Waals surface area contributed by atoms with Crippen molar-refractivity contribution < 1.29 is 4.74 Å². The Kier molecular flexibility index (Phi) is 4.00. The molecule has 0 fully saturated rings. The maximum Gasteiger partial charge on any atom is 0.133 e. The van der Waals surface area contributed by atoms with Gasteiger partial charge in [-0.3, -0.25) is 0 Å². The second kappa shape index (κ2) is 4.82. The van der Waals surface area contributed by atoms with Crippen molar-refractivity contribution in [1.82, 2.24) is 0 Å². The number of ether oxygens (including phenoxy) is 1. The van der Waals surface area contributed by atoms with E-state index in [0.717, 1.165) is 19.4 Å². The van der Waals surface area contributed by atoms with Gasteiger partial charge in [-0.05, 0) is 50.2 Å². The zero-order chi connectivity index (χ0) is 9.84. The van der Waals surface area contributed by atoms with E-state index in [0.29, 0.717) is 6.42 Å². The highest BCUT2D eigenvalue weighted by Gasteiger charge is 2.08. The van der Waals surface area contributed by atoms with Gasteiger partial charge in [-0.2, -0.15) is 5.26 Å². The number of hydrogen-bond donors (Lipinski definition) is 0. The van der Waals surface area contributed by atoms with E-state index < -0.39 is 0 Å². The monoisotopic (exact) mass is 351 g/mol. The van der Waals surface area contributed by atoms with Gasteiger partial charge < -0.3 is 4.74 Å². The molecule has 0 unspecified atom stereocenters. The Labute approximate surface area is 99.2 Å². The Morgan fingerprint density at radius 2 is 2.31 bits per heavy atom. The van der Waals surface area contributed by atoms with Crippen molar-refractivity contribution in [2.75, 3.05) is 7.11 Å². The molecule has 0 radical (unpaired) electrons. The molecule has 0 bridgehead atoms. The molecule has 1 aromatic rings. The molecule has 68 valence electrons. The number of halogens is 2. The van der Waals surface area contributed by atoms with Gasteiger partial charge in [0, 0.05) is 4.47 Å². The van der Waals surface area contributed by atoms with Crippen LogP contribution in [0.15, 0.2) is 16.6 Å². The Bertz CT molecular complexity index is 359. The van der Waals surface area contributed by atoms with Crippen LogP contribution in [0.1, 0.15) is 5.56 Å². The minimum absolute atomic E-state index is 0.417. The van der Waals surface area contributed by atoms with E-state index in [-0.39, 0.29) is 0 Å². The molecule has 13 heavy (non-hydrogen) atoms. The molecule has 0 aliphatic rings. The summed E-state index contributed by atoms with van der Waals surface area (Å²) in [6, 6.07) is 5.89. The lowest BCUT2D eigenvalue weighted by Gasteiger charge is -2.07. The van der Waals surface area contributed by atoms with Crippen molar-refractivity contribution in [1.29, 1.82) is 5.26 Å². The summed E-state index contributed by atoms with van der Waals surface area (Å²) in [7, 11) is 1.63. The first-order valence-electron chi connectivity index (χ1n) is 3.58. The molecule has 0 heterocycles. The Balaban J connectivity index is 3.17.